The van der Waals surface area contributed by atoms with Crippen molar-refractivity contribution in [2.45, 2.75) is 0 Å². The van der Waals surface area contributed by atoms with E-state index in [1.165, 1.54) is 0 Å². The van der Waals surface area contributed by atoms with Crippen molar-refractivity contribution >= 4 is 54.9 Å². The third kappa shape index (κ3) is 51.8. The smallest absolute Gasteiger partial charge is 0.784 e. The van der Waals surface area contributed by atoms with E-state index in [0.29, 0.717) is 22.7 Å². The van der Waals surface area contributed by atoms with E-state index in [0.717, 1.165) is 0 Å². The second-order valence-corrected chi connectivity index (χ2v) is 6.56. The minimum atomic E-state index is -4.67. The molecule has 0 aromatic heterocycles. The van der Waals surface area contributed by atoms with E-state index < -0.39 is 32.2 Å². The Morgan fingerprint density at radius 3 is 0.750 bits per heavy atom. The van der Waals surface area contributed by atoms with Crippen LogP contribution in [-0.4, -0.2) is 48.4 Å². The van der Waals surface area contributed by atoms with Crippen LogP contribution in [0.1, 0.15) is 0 Å². The van der Waals surface area contributed by atoms with Gasteiger partial charge in [0.1, 0.15) is 0 Å². The van der Waals surface area contributed by atoms with Gasteiger partial charge in [-0.25, -0.2) is 0 Å². The molecular formula is C12H20N4Na2O11S3. The molecule has 0 spiro atoms. The summed E-state index contributed by atoms with van der Waals surface area (Å²) in [4.78, 5) is 0. The van der Waals surface area contributed by atoms with Crippen molar-refractivity contribution in [3.05, 3.63) is 48.5 Å². The van der Waals surface area contributed by atoms with Gasteiger partial charge < -0.3 is 32.0 Å². The number of rotatable bonds is 0. The van der Waals surface area contributed by atoms with Gasteiger partial charge in [-0.2, -0.15) is 16.8 Å². The molecule has 12 N–H and O–H groups in total. The SMILES string of the molecule is Nc1ccccc1N.Nc1ccccc1N.O=S(=O)(O)O.O=S(=O)(O)O.O=S([O-])[O-].[Na+].[Na+]. The van der Waals surface area contributed by atoms with Crippen LogP contribution in [0.4, 0.5) is 22.7 Å². The largest absolute Gasteiger partial charge is 1.00 e. The minimum Gasteiger partial charge on any atom is -0.784 e. The average Bonchev–Trinajstić information content (AvgIpc) is 2.50. The molecule has 2 aromatic carbocycles. The first-order chi connectivity index (χ1) is 13.3. The normalized spacial score (nSPS) is 9.22. The van der Waals surface area contributed by atoms with E-state index in [-0.39, 0.29) is 59.1 Å². The molecule has 0 atom stereocenters. The van der Waals surface area contributed by atoms with Crippen molar-refractivity contribution < 1.29 is 107 Å². The van der Waals surface area contributed by atoms with Crippen LogP contribution in [0.5, 0.6) is 0 Å². The third-order valence-electron chi connectivity index (χ3n) is 1.99. The zero-order valence-electron chi connectivity index (χ0n) is 16.8. The Morgan fingerprint density at radius 2 is 0.688 bits per heavy atom. The molecule has 0 fully saturated rings. The number of hydrogen-bond acceptors (Lipinski definition) is 11. The van der Waals surface area contributed by atoms with Crippen molar-refractivity contribution in [1.29, 1.82) is 0 Å². The molecule has 0 radical (unpaired) electrons. The van der Waals surface area contributed by atoms with Gasteiger partial charge in [0.2, 0.25) is 0 Å². The van der Waals surface area contributed by atoms with Crippen LogP contribution >= 0.6 is 0 Å². The van der Waals surface area contributed by atoms with Gasteiger partial charge >= 0.3 is 79.9 Å². The molecule has 0 aliphatic heterocycles. The summed E-state index contributed by atoms with van der Waals surface area (Å²) in [5, 5.41) is 0. The number of nitrogens with two attached hydrogens (primary N) is 4. The summed E-state index contributed by atoms with van der Waals surface area (Å²) >= 11 is -3.11. The van der Waals surface area contributed by atoms with Crippen LogP contribution in [0.2, 0.25) is 0 Å². The Morgan fingerprint density at radius 1 is 0.594 bits per heavy atom. The van der Waals surface area contributed by atoms with E-state index in [2.05, 4.69) is 0 Å². The predicted octanol–water partition coefficient (Wildman–Crippen LogP) is -6.60. The molecule has 32 heavy (non-hydrogen) atoms. The maximum absolute atomic E-state index is 8.74. The molecular weight excluding hydrogens is 518 g/mol. The summed E-state index contributed by atoms with van der Waals surface area (Å²) in [6.45, 7) is 0. The van der Waals surface area contributed by atoms with Crippen LogP contribution in [-0.2, 0) is 32.2 Å². The number of para-hydroxylation sites is 4. The molecule has 15 nitrogen and oxygen atoms in total. The second-order valence-electron chi connectivity index (χ2n) is 4.36. The summed E-state index contributed by atoms with van der Waals surface area (Å²) in [6.07, 6.45) is 0. The first-order valence-electron chi connectivity index (χ1n) is 6.71. The second kappa shape index (κ2) is 22.3. The van der Waals surface area contributed by atoms with E-state index in [1.54, 1.807) is 24.3 Å². The van der Waals surface area contributed by atoms with Crippen LogP contribution in [0.3, 0.4) is 0 Å². The number of benzene rings is 2. The van der Waals surface area contributed by atoms with Gasteiger partial charge in [0, 0.05) is 0 Å². The van der Waals surface area contributed by atoms with Crippen LogP contribution < -0.4 is 82.0 Å². The summed E-state index contributed by atoms with van der Waals surface area (Å²) in [7, 11) is -9.33. The fraction of sp³-hybridized carbons (Fsp3) is 0. The predicted molar refractivity (Wildman–Crippen MR) is 109 cm³/mol. The first kappa shape index (κ1) is 41.7. The van der Waals surface area contributed by atoms with Crippen molar-refractivity contribution in [2.75, 3.05) is 22.9 Å². The van der Waals surface area contributed by atoms with E-state index >= 15 is 0 Å². The van der Waals surface area contributed by atoms with Gasteiger partial charge in [0.05, 0.1) is 22.7 Å². The fourth-order valence-electron chi connectivity index (χ4n) is 1.02. The Bertz CT molecular complexity index is 844. The number of hydrogen-bond donors (Lipinski definition) is 8. The maximum atomic E-state index is 8.74. The Hall–Kier alpha value is -0.550. The number of nitrogen functional groups attached to an aromatic ring is 4. The summed E-state index contributed by atoms with van der Waals surface area (Å²) in [6, 6.07) is 14.5. The molecule has 0 aliphatic rings. The maximum Gasteiger partial charge on any atom is 1.00 e. The summed E-state index contributed by atoms with van der Waals surface area (Å²) in [5.74, 6) is 0. The van der Waals surface area contributed by atoms with Crippen LogP contribution in [0, 0.1) is 0 Å². The Balaban J connectivity index is -0.0000000963. The summed E-state index contributed by atoms with van der Waals surface area (Å²) < 4.78 is 88.5. The molecule has 0 saturated carbocycles. The number of anilines is 4. The molecule has 0 bridgehead atoms. The topological polar surface area (TPSA) is 316 Å². The van der Waals surface area contributed by atoms with Gasteiger partial charge in [-0.05, 0) is 24.3 Å². The molecule has 2 rings (SSSR count). The molecule has 20 heteroatoms. The molecule has 0 aliphatic carbocycles. The van der Waals surface area contributed by atoms with Gasteiger partial charge in [-0.3, -0.25) is 22.4 Å². The minimum absolute atomic E-state index is 0. The van der Waals surface area contributed by atoms with E-state index in [4.69, 9.17) is 71.3 Å². The fourth-order valence-corrected chi connectivity index (χ4v) is 1.02. The quantitative estimate of drug-likeness (QED) is 0.0668. The van der Waals surface area contributed by atoms with Crippen molar-refractivity contribution in [3.8, 4) is 0 Å². The monoisotopic (exact) mass is 538 g/mol. The van der Waals surface area contributed by atoms with Crippen LogP contribution in [0.25, 0.3) is 0 Å². The molecule has 0 heterocycles. The van der Waals surface area contributed by atoms with Gasteiger partial charge in [0.15, 0.2) is 0 Å². The zero-order valence-corrected chi connectivity index (χ0v) is 23.2. The Kier molecular flexibility index (Phi) is 29.0. The third-order valence-corrected chi connectivity index (χ3v) is 1.99. The zero-order chi connectivity index (χ0) is 24.5. The van der Waals surface area contributed by atoms with Gasteiger partial charge in [0.25, 0.3) is 0 Å². The standard InChI is InChI=1S/2C6H8N2.2Na.2H2O4S.H2O3S/c2*7-5-3-1-2-4-6(5)8;;;2*1-5(2,3)4;1-4(2)3/h2*1-4H,7-8H2;;;2*(H2,1,2,3,4);(H2,1,2,3)/q;;2*+1;;;/p-2. The van der Waals surface area contributed by atoms with Crippen molar-refractivity contribution in [3.63, 3.8) is 0 Å². The van der Waals surface area contributed by atoms with Crippen molar-refractivity contribution in [1.82, 2.24) is 0 Å². The molecule has 2 aromatic rings. The van der Waals surface area contributed by atoms with Gasteiger partial charge in [-0.1, -0.05) is 24.3 Å². The first-order valence-corrected chi connectivity index (χ1v) is 10.5. The van der Waals surface area contributed by atoms with Gasteiger partial charge in [-0.15, -0.1) is 11.4 Å². The van der Waals surface area contributed by atoms with Crippen LogP contribution in [0.15, 0.2) is 48.5 Å². The molecule has 0 amide bonds. The van der Waals surface area contributed by atoms with Crippen molar-refractivity contribution in [2.24, 2.45) is 0 Å². The molecule has 174 valence electrons. The molecule has 0 saturated heterocycles. The van der Waals surface area contributed by atoms with E-state index in [9.17, 15) is 0 Å². The molecule has 0 unspecified atom stereocenters. The Labute approximate surface area is 231 Å². The summed E-state index contributed by atoms with van der Waals surface area (Å²) in [5.41, 5.74) is 24.2. The van der Waals surface area contributed by atoms with E-state index in [1.807, 2.05) is 24.3 Å². The average molecular weight is 538 g/mol.